The number of ether oxygens (including phenoxy) is 2. The number of hydrogen-bond donors (Lipinski definition) is 1. The number of aromatic nitrogens is 3. The number of hydrogen-bond acceptors (Lipinski definition) is 6. The van der Waals surface area contributed by atoms with Crippen LogP contribution in [0.5, 0.6) is 11.5 Å². The Bertz CT molecular complexity index is 534. The minimum absolute atomic E-state index is 0.0410. The fraction of sp³-hybridized carbons (Fsp3) is 0.182. The highest BCUT2D eigenvalue weighted by Gasteiger charge is 2.09. The van der Waals surface area contributed by atoms with E-state index in [1.165, 1.54) is 0 Å². The van der Waals surface area contributed by atoms with Crippen molar-refractivity contribution in [2.75, 3.05) is 20.0 Å². The molecule has 94 valence electrons. The number of methoxy groups -OCH3 is 2. The Hall–Kier alpha value is -2.08. The van der Waals surface area contributed by atoms with Crippen LogP contribution in [0.25, 0.3) is 11.4 Å². The van der Waals surface area contributed by atoms with Crippen molar-refractivity contribution in [3.63, 3.8) is 0 Å². The molecule has 0 bridgehead atoms. The molecule has 1 aromatic heterocycles. The van der Waals surface area contributed by atoms with Crippen LogP contribution >= 0.6 is 11.6 Å². The molecule has 0 amide bonds. The van der Waals surface area contributed by atoms with Crippen molar-refractivity contribution in [1.82, 2.24) is 15.0 Å². The lowest BCUT2D eigenvalue weighted by atomic mass is 10.2. The van der Waals surface area contributed by atoms with E-state index in [-0.39, 0.29) is 11.2 Å². The van der Waals surface area contributed by atoms with Gasteiger partial charge in [-0.1, -0.05) is 0 Å². The Morgan fingerprint density at radius 1 is 1.00 bits per heavy atom. The molecule has 6 nitrogen and oxygen atoms in total. The minimum Gasteiger partial charge on any atom is -0.497 e. The molecule has 0 saturated heterocycles. The summed E-state index contributed by atoms with van der Waals surface area (Å²) in [5.41, 5.74) is 6.21. The molecule has 0 spiro atoms. The quantitative estimate of drug-likeness (QED) is 0.912. The van der Waals surface area contributed by atoms with Gasteiger partial charge in [0.15, 0.2) is 5.82 Å². The molecule has 0 saturated carbocycles. The van der Waals surface area contributed by atoms with E-state index >= 15 is 0 Å². The van der Waals surface area contributed by atoms with Gasteiger partial charge in [-0.2, -0.15) is 15.0 Å². The van der Waals surface area contributed by atoms with Crippen molar-refractivity contribution < 1.29 is 9.47 Å². The fourth-order valence-corrected chi connectivity index (χ4v) is 1.60. The number of halogens is 1. The number of nitrogens with zero attached hydrogens (tertiary/aromatic N) is 3. The van der Waals surface area contributed by atoms with Crippen LogP contribution in [-0.4, -0.2) is 29.2 Å². The Kier molecular flexibility index (Phi) is 3.47. The van der Waals surface area contributed by atoms with Crippen molar-refractivity contribution in [3.8, 4) is 22.9 Å². The van der Waals surface area contributed by atoms with E-state index in [4.69, 9.17) is 26.8 Å². The molecular formula is C11H11ClN4O2. The molecule has 2 aromatic rings. The monoisotopic (exact) mass is 266 g/mol. The van der Waals surface area contributed by atoms with Gasteiger partial charge in [-0.3, -0.25) is 0 Å². The summed E-state index contributed by atoms with van der Waals surface area (Å²) in [5, 5.41) is 0.0410. The standard InChI is InChI=1S/C11H11ClN4O2/c1-17-7-3-6(4-8(5-7)18-2)9-14-10(12)16-11(13)15-9/h3-5H,1-2H3,(H2,13,14,15,16). The van der Waals surface area contributed by atoms with Crippen molar-refractivity contribution in [1.29, 1.82) is 0 Å². The highest BCUT2D eigenvalue weighted by molar-refractivity contribution is 6.28. The molecule has 0 aliphatic carbocycles. The van der Waals surface area contributed by atoms with E-state index < -0.39 is 0 Å². The fourth-order valence-electron chi connectivity index (χ4n) is 1.43. The number of nitrogen functional groups attached to an aromatic ring is 1. The average molecular weight is 267 g/mol. The molecule has 18 heavy (non-hydrogen) atoms. The summed E-state index contributed by atoms with van der Waals surface area (Å²) in [7, 11) is 3.13. The molecule has 0 unspecified atom stereocenters. The SMILES string of the molecule is COc1cc(OC)cc(-c2nc(N)nc(Cl)n2)c1. The van der Waals surface area contributed by atoms with Crippen LogP contribution in [0.1, 0.15) is 0 Å². The maximum atomic E-state index is 5.74. The van der Waals surface area contributed by atoms with Gasteiger partial charge >= 0.3 is 0 Å². The second kappa shape index (κ2) is 5.05. The van der Waals surface area contributed by atoms with E-state index in [1.807, 2.05) is 0 Å². The summed E-state index contributed by atoms with van der Waals surface area (Å²) in [6, 6.07) is 5.26. The van der Waals surface area contributed by atoms with E-state index in [0.717, 1.165) is 0 Å². The first-order chi connectivity index (χ1) is 8.62. The van der Waals surface area contributed by atoms with Crippen LogP contribution in [0, 0.1) is 0 Å². The van der Waals surface area contributed by atoms with Crippen LogP contribution in [0.3, 0.4) is 0 Å². The third-order valence-electron chi connectivity index (χ3n) is 2.24. The molecule has 0 aliphatic heterocycles. The van der Waals surface area contributed by atoms with Gasteiger partial charge in [0.1, 0.15) is 11.5 Å². The molecule has 1 aromatic carbocycles. The Balaban J connectivity index is 2.55. The van der Waals surface area contributed by atoms with Crippen molar-refractivity contribution in [2.45, 2.75) is 0 Å². The molecule has 7 heteroatoms. The van der Waals surface area contributed by atoms with Crippen molar-refractivity contribution in [3.05, 3.63) is 23.5 Å². The summed E-state index contributed by atoms with van der Waals surface area (Å²) >= 11 is 5.74. The van der Waals surface area contributed by atoms with Crippen LogP contribution in [0.4, 0.5) is 5.95 Å². The van der Waals surface area contributed by atoms with E-state index in [0.29, 0.717) is 22.9 Å². The van der Waals surface area contributed by atoms with Crippen molar-refractivity contribution >= 4 is 17.5 Å². The maximum Gasteiger partial charge on any atom is 0.227 e. The zero-order valence-electron chi connectivity index (χ0n) is 9.85. The predicted octanol–water partition coefficient (Wildman–Crippen LogP) is 1.79. The van der Waals surface area contributed by atoms with Gasteiger partial charge in [0.2, 0.25) is 11.2 Å². The number of nitrogens with two attached hydrogens (primary N) is 1. The lowest BCUT2D eigenvalue weighted by Gasteiger charge is -2.07. The molecule has 0 radical (unpaired) electrons. The summed E-state index contributed by atoms with van der Waals surface area (Å²) in [6.45, 7) is 0. The van der Waals surface area contributed by atoms with Gasteiger partial charge in [-0.15, -0.1) is 0 Å². The number of rotatable bonds is 3. The van der Waals surface area contributed by atoms with Crippen LogP contribution in [0.15, 0.2) is 18.2 Å². The molecule has 2 rings (SSSR count). The summed E-state index contributed by atoms with van der Waals surface area (Å²) in [4.78, 5) is 11.7. The Labute approximate surface area is 109 Å². The van der Waals surface area contributed by atoms with Gasteiger partial charge in [-0.05, 0) is 23.7 Å². The highest BCUT2D eigenvalue weighted by Crippen LogP contribution is 2.28. The van der Waals surface area contributed by atoms with Gasteiger partial charge in [0.05, 0.1) is 14.2 Å². The smallest absolute Gasteiger partial charge is 0.227 e. The lowest BCUT2D eigenvalue weighted by Crippen LogP contribution is -2.00. The topological polar surface area (TPSA) is 83.2 Å². The average Bonchev–Trinajstić information content (AvgIpc) is 2.37. The van der Waals surface area contributed by atoms with Crippen LogP contribution < -0.4 is 15.2 Å². The van der Waals surface area contributed by atoms with Gasteiger partial charge in [0, 0.05) is 11.6 Å². The molecule has 0 atom stereocenters. The van der Waals surface area contributed by atoms with Gasteiger partial charge in [0.25, 0.3) is 0 Å². The predicted molar refractivity (Wildman–Crippen MR) is 67.8 cm³/mol. The molecule has 2 N–H and O–H groups in total. The number of benzene rings is 1. The summed E-state index contributed by atoms with van der Waals surface area (Å²) in [5.74, 6) is 1.68. The van der Waals surface area contributed by atoms with Crippen molar-refractivity contribution in [2.24, 2.45) is 0 Å². The normalized spacial score (nSPS) is 10.2. The molecule has 1 heterocycles. The molecule has 0 fully saturated rings. The second-order valence-electron chi connectivity index (χ2n) is 3.39. The first-order valence-corrected chi connectivity index (χ1v) is 5.40. The van der Waals surface area contributed by atoms with E-state index in [9.17, 15) is 0 Å². The third-order valence-corrected chi connectivity index (χ3v) is 2.40. The highest BCUT2D eigenvalue weighted by atomic mass is 35.5. The minimum atomic E-state index is 0.0410. The first kappa shape index (κ1) is 12.4. The lowest BCUT2D eigenvalue weighted by molar-refractivity contribution is 0.394. The molecule has 0 aliphatic rings. The first-order valence-electron chi connectivity index (χ1n) is 5.03. The second-order valence-corrected chi connectivity index (χ2v) is 3.73. The van der Waals surface area contributed by atoms with Gasteiger partial charge in [-0.25, -0.2) is 0 Å². The van der Waals surface area contributed by atoms with Crippen LogP contribution in [0.2, 0.25) is 5.28 Å². The zero-order chi connectivity index (χ0) is 13.1. The maximum absolute atomic E-state index is 5.74. The largest absolute Gasteiger partial charge is 0.497 e. The number of anilines is 1. The van der Waals surface area contributed by atoms with E-state index in [2.05, 4.69) is 15.0 Å². The van der Waals surface area contributed by atoms with Gasteiger partial charge < -0.3 is 15.2 Å². The Morgan fingerprint density at radius 2 is 1.61 bits per heavy atom. The van der Waals surface area contributed by atoms with Crippen LogP contribution in [-0.2, 0) is 0 Å². The third kappa shape index (κ3) is 2.60. The summed E-state index contributed by atoms with van der Waals surface area (Å²) in [6.07, 6.45) is 0. The zero-order valence-corrected chi connectivity index (χ0v) is 10.6. The molecular weight excluding hydrogens is 256 g/mol. The summed E-state index contributed by atoms with van der Waals surface area (Å²) < 4.78 is 10.3. The van der Waals surface area contributed by atoms with E-state index in [1.54, 1.807) is 32.4 Å². The Morgan fingerprint density at radius 3 is 2.11 bits per heavy atom.